The zero-order valence-electron chi connectivity index (χ0n) is 4.63. The van der Waals surface area contributed by atoms with Crippen LogP contribution in [0.25, 0.3) is 0 Å². The van der Waals surface area contributed by atoms with Gasteiger partial charge in [0.15, 0.2) is 0 Å². The standard InChI is InChI=1S/C5H9NOS/c6-2-5-8-4-1-3-7/h7H,1,3-5H2. The molecule has 0 amide bonds. The third-order valence-corrected chi connectivity index (χ3v) is 1.52. The molecule has 0 saturated heterocycles. The summed E-state index contributed by atoms with van der Waals surface area (Å²) in [5.41, 5.74) is 0. The zero-order chi connectivity index (χ0) is 6.24. The second-order valence-electron chi connectivity index (χ2n) is 1.29. The first-order valence-corrected chi connectivity index (χ1v) is 3.63. The van der Waals surface area contributed by atoms with Crippen LogP contribution in [0.4, 0.5) is 0 Å². The van der Waals surface area contributed by atoms with Crippen molar-refractivity contribution in [3.8, 4) is 6.07 Å². The SMILES string of the molecule is N#CCSCCCO. The topological polar surface area (TPSA) is 44.0 Å². The maximum absolute atomic E-state index is 8.27. The van der Waals surface area contributed by atoms with Crippen molar-refractivity contribution in [3.63, 3.8) is 0 Å². The van der Waals surface area contributed by atoms with Gasteiger partial charge in [0, 0.05) is 6.61 Å². The lowest BCUT2D eigenvalue weighted by Crippen LogP contribution is -1.85. The van der Waals surface area contributed by atoms with E-state index in [1.165, 1.54) is 0 Å². The maximum Gasteiger partial charge on any atom is 0.0808 e. The number of aliphatic hydroxyl groups is 1. The van der Waals surface area contributed by atoms with Crippen LogP contribution in [0, 0.1) is 11.3 Å². The summed E-state index contributed by atoms with van der Waals surface area (Å²) >= 11 is 1.56. The van der Waals surface area contributed by atoms with Gasteiger partial charge >= 0.3 is 0 Å². The highest BCUT2D eigenvalue weighted by atomic mass is 32.2. The molecule has 0 aliphatic rings. The first-order valence-electron chi connectivity index (χ1n) is 2.47. The lowest BCUT2D eigenvalue weighted by Gasteiger charge is -1.89. The molecule has 0 saturated carbocycles. The van der Waals surface area contributed by atoms with E-state index < -0.39 is 0 Å². The minimum absolute atomic E-state index is 0.235. The highest BCUT2D eigenvalue weighted by molar-refractivity contribution is 7.99. The fraction of sp³-hybridized carbons (Fsp3) is 0.800. The van der Waals surface area contributed by atoms with Crippen molar-refractivity contribution in [2.45, 2.75) is 6.42 Å². The van der Waals surface area contributed by atoms with E-state index >= 15 is 0 Å². The normalized spacial score (nSPS) is 8.50. The van der Waals surface area contributed by atoms with E-state index in [1.54, 1.807) is 11.8 Å². The molecule has 0 spiro atoms. The summed E-state index contributed by atoms with van der Waals surface area (Å²) in [4.78, 5) is 0. The average Bonchev–Trinajstić information content (AvgIpc) is 1.81. The van der Waals surface area contributed by atoms with Crippen molar-refractivity contribution >= 4 is 11.8 Å². The van der Waals surface area contributed by atoms with Gasteiger partial charge < -0.3 is 5.11 Å². The van der Waals surface area contributed by atoms with Crippen molar-refractivity contribution in [2.75, 3.05) is 18.1 Å². The molecule has 0 rings (SSSR count). The third-order valence-electron chi connectivity index (χ3n) is 0.613. The van der Waals surface area contributed by atoms with Gasteiger partial charge in [-0.3, -0.25) is 0 Å². The van der Waals surface area contributed by atoms with E-state index in [4.69, 9.17) is 10.4 Å². The van der Waals surface area contributed by atoms with Crippen LogP contribution in [0.15, 0.2) is 0 Å². The van der Waals surface area contributed by atoms with Gasteiger partial charge in [-0.2, -0.15) is 5.26 Å². The summed E-state index contributed by atoms with van der Waals surface area (Å²) in [6.45, 7) is 0.235. The summed E-state index contributed by atoms with van der Waals surface area (Å²) in [5.74, 6) is 1.43. The average molecular weight is 131 g/mol. The van der Waals surface area contributed by atoms with Gasteiger partial charge in [-0.25, -0.2) is 0 Å². The molecule has 0 atom stereocenters. The number of aliphatic hydroxyl groups excluding tert-OH is 1. The predicted octanol–water partition coefficient (Wildman–Crippen LogP) is 0.626. The summed E-state index contributed by atoms with van der Waals surface area (Å²) < 4.78 is 0. The van der Waals surface area contributed by atoms with Crippen LogP contribution in [-0.4, -0.2) is 23.2 Å². The zero-order valence-corrected chi connectivity index (χ0v) is 5.45. The molecule has 0 bridgehead atoms. The Morgan fingerprint density at radius 3 is 2.88 bits per heavy atom. The van der Waals surface area contributed by atoms with Crippen LogP contribution in [0.5, 0.6) is 0 Å². The molecule has 0 fully saturated rings. The Bertz CT molecular complexity index is 79.0. The molecule has 0 unspecified atom stereocenters. The lowest BCUT2D eigenvalue weighted by atomic mass is 10.5. The van der Waals surface area contributed by atoms with Crippen LogP contribution in [0.3, 0.4) is 0 Å². The molecule has 0 aliphatic carbocycles. The Morgan fingerprint density at radius 1 is 1.62 bits per heavy atom. The Morgan fingerprint density at radius 2 is 2.38 bits per heavy atom. The van der Waals surface area contributed by atoms with E-state index in [-0.39, 0.29) is 6.61 Å². The van der Waals surface area contributed by atoms with Gasteiger partial charge in [0.05, 0.1) is 11.8 Å². The van der Waals surface area contributed by atoms with Gasteiger partial charge in [-0.05, 0) is 12.2 Å². The number of hydrogen-bond donors (Lipinski definition) is 1. The van der Waals surface area contributed by atoms with Crippen LogP contribution in [0.1, 0.15) is 6.42 Å². The van der Waals surface area contributed by atoms with Crippen LogP contribution < -0.4 is 0 Å². The van der Waals surface area contributed by atoms with Crippen LogP contribution in [0.2, 0.25) is 0 Å². The van der Waals surface area contributed by atoms with Crippen LogP contribution >= 0.6 is 11.8 Å². The molecule has 0 heterocycles. The minimum atomic E-state index is 0.235. The molecule has 0 aromatic rings. The van der Waals surface area contributed by atoms with Gasteiger partial charge in [0.25, 0.3) is 0 Å². The highest BCUT2D eigenvalue weighted by Crippen LogP contribution is 1.98. The molecule has 0 aromatic carbocycles. The van der Waals surface area contributed by atoms with Gasteiger partial charge in [-0.15, -0.1) is 11.8 Å². The van der Waals surface area contributed by atoms with Crippen molar-refractivity contribution in [2.24, 2.45) is 0 Å². The molecular formula is C5H9NOS. The molecule has 3 heteroatoms. The van der Waals surface area contributed by atoms with Gasteiger partial charge in [0.2, 0.25) is 0 Å². The van der Waals surface area contributed by atoms with Gasteiger partial charge in [-0.1, -0.05) is 0 Å². The molecule has 8 heavy (non-hydrogen) atoms. The number of nitriles is 1. The molecule has 0 radical (unpaired) electrons. The van der Waals surface area contributed by atoms with E-state index in [9.17, 15) is 0 Å². The fourth-order valence-corrected chi connectivity index (χ4v) is 0.853. The van der Waals surface area contributed by atoms with Crippen molar-refractivity contribution in [1.29, 1.82) is 5.26 Å². The third kappa shape index (κ3) is 5.80. The van der Waals surface area contributed by atoms with Crippen molar-refractivity contribution < 1.29 is 5.11 Å². The molecule has 0 aliphatic heterocycles. The summed E-state index contributed by atoms with van der Waals surface area (Å²) in [7, 11) is 0. The van der Waals surface area contributed by atoms with E-state index in [1.807, 2.05) is 6.07 Å². The number of thioether (sulfide) groups is 1. The molecule has 2 nitrogen and oxygen atoms in total. The molecule has 0 aromatic heterocycles. The number of hydrogen-bond acceptors (Lipinski definition) is 3. The van der Waals surface area contributed by atoms with Crippen molar-refractivity contribution in [1.82, 2.24) is 0 Å². The Balaban J connectivity index is 2.65. The number of rotatable bonds is 4. The number of nitrogens with zero attached hydrogens (tertiary/aromatic N) is 1. The second-order valence-corrected chi connectivity index (χ2v) is 2.39. The summed E-state index contributed by atoms with van der Waals surface area (Å²) in [6, 6.07) is 2.01. The van der Waals surface area contributed by atoms with Crippen LogP contribution in [-0.2, 0) is 0 Å². The van der Waals surface area contributed by atoms with E-state index in [0.717, 1.165) is 12.2 Å². The molecule has 46 valence electrons. The minimum Gasteiger partial charge on any atom is -0.396 e. The predicted molar refractivity (Wildman–Crippen MR) is 34.6 cm³/mol. The monoisotopic (exact) mass is 131 g/mol. The van der Waals surface area contributed by atoms with E-state index in [0.29, 0.717) is 5.75 Å². The second kappa shape index (κ2) is 6.80. The largest absolute Gasteiger partial charge is 0.396 e. The van der Waals surface area contributed by atoms with Gasteiger partial charge in [0.1, 0.15) is 0 Å². The van der Waals surface area contributed by atoms with E-state index in [2.05, 4.69) is 0 Å². The summed E-state index contributed by atoms with van der Waals surface area (Å²) in [5, 5.41) is 16.3. The van der Waals surface area contributed by atoms with Crippen molar-refractivity contribution in [3.05, 3.63) is 0 Å². The fourth-order valence-electron chi connectivity index (χ4n) is 0.284. The first kappa shape index (κ1) is 7.80. The quantitative estimate of drug-likeness (QED) is 0.569. The molecule has 1 N–H and O–H groups in total. The first-order chi connectivity index (χ1) is 3.91. The molecular weight excluding hydrogens is 122 g/mol. The Labute approximate surface area is 53.5 Å². The summed E-state index contributed by atoms with van der Waals surface area (Å²) in [6.07, 6.45) is 0.798. The lowest BCUT2D eigenvalue weighted by molar-refractivity contribution is 0.296. The smallest absolute Gasteiger partial charge is 0.0808 e. The maximum atomic E-state index is 8.27. The Kier molecular flexibility index (Phi) is 6.63. The Hall–Kier alpha value is -0.200. The highest BCUT2D eigenvalue weighted by Gasteiger charge is 1.83.